The Kier molecular flexibility index (Phi) is 3.76. The lowest BCUT2D eigenvalue weighted by Crippen LogP contribution is -2.14. The van der Waals surface area contributed by atoms with E-state index >= 15 is 0 Å². The third-order valence-corrected chi connectivity index (χ3v) is 2.94. The summed E-state index contributed by atoms with van der Waals surface area (Å²) in [5.41, 5.74) is 10.2. The third-order valence-electron chi connectivity index (χ3n) is 2.63. The van der Waals surface area contributed by atoms with Crippen LogP contribution in [0.2, 0.25) is 5.02 Å². The second-order valence-electron chi connectivity index (χ2n) is 4.01. The smallest absolute Gasteiger partial charge is 0.250 e. The number of rotatable bonds is 3. The Hall–Kier alpha value is -2.34. The molecule has 0 aliphatic rings. The van der Waals surface area contributed by atoms with Crippen LogP contribution in [0.5, 0.6) is 0 Å². The molecule has 0 spiro atoms. The Morgan fingerprint density at radius 2 is 1.90 bits per heavy atom. The molecule has 2 rings (SSSR count). The summed E-state index contributed by atoms with van der Waals surface area (Å²) >= 11 is 5.82. The summed E-state index contributed by atoms with van der Waals surface area (Å²) in [6.07, 6.45) is 0. The highest BCUT2D eigenvalue weighted by Gasteiger charge is 2.14. The van der Waals surface area contributed by atoms with Crippen molar-refractivity contribution in [2.45, 2.75) is 0 Å². The van der Waals surface area contributed by atoms with Gasteiger partial charge in [-0.25, -0.2) is 8.78 Å². The van der Waals surface area contributed by atoms with Crippen LogP contribution in [-0.4, -0.2) is 5.91 Å². The van der Waals surface area contributed by atoms with Crippen molar-refractivity contribution in [2.24, 2.45) is 5.73 Å². The predicted octanol–water partition coefficient (Wildman–Crippen LogP) is 3.04. The van der Waals surface area contributed by atoms with Crippen LogP contribution in [0.3, 0.4) is 0 Å². The number of nitrogens with two attached hydrogens (primary N) is 2. The monoisotopic (exact) mass is 297 g/mol. The molecule has 1 amide bonds. The molecule has 0 bridgehead atoms. The van der Waals surface area contributed by atoms with Crippen molar-refractivity contribution < 1.29 is 13.6 Å². The van der Waals surface area contributed by atoms with E-state index in [1.807, 2.05) is 0 Å². The molecule has 104 valence electrons. The van der Waals surface area contributed by atoms with Crippen LogP contribution in [0.4, 0.5) is 25.8 Å². The minimum atomic E-state index is -0.815. The molecule has 0 aromatic heterocycles. The van der Waals surface area contributed by atoms with Gasteiger partial charge in [0.05, 0.1) is 22.0 Å². The number of para-hydroxylation sites is 1. The summed E-state index contributed by atoms with van der Waals surface area (Å²) in [6, 6.07) is 6.06. The first-order valence-electron chi connectivity index (χ1n) is 5.50. The van der Waals surface area contributed by atoms with Gasteiger partial charge in [-0.2, -0.15) is 0 Å². The first kappa shape index (κ1) is 14.1. The molecule has 0 unspecified atom stereocenters. The zero-order valence-corrected chi connectivity index (χ0v) is 10.8. The quantitative estimate of drug-likeness (QED) is 0.762. The number of carbonyl (C=O) groups excluding carboxylic acids is 1. The first-order valence-corrected chi connectivity index (χ1v) is 5.88. The number of anilines is 3. The van der Waals surface area contributed by atoms with Crippen molar-refractivity contribution in [3.8, 4) is 0 Å². The number of nitrogens with one attached hydrogen (secondary N) is 1. The van der Waals surface area contributed by atoms with Gasteiger partial charge in [0.15, 0.2) is 0 Å². The highest BCUT2D eigenvalue weighted by molar-refractivity contribution is 6.33. The zero-order chi connectivity index (χ0) is 14.9. The van der Waals surface area contributed by atoms with Gasteiger partial charge in [-0.15, -0.1) is 0 Å². The molecule has 5 N–H and O–H groups in total. The number of amides is 1. The summed E-state index contributed by atoms with van der Waals surface area (Å²) in [5.74, 6) is -2.23. The lowest BCUT2D eigenvalue weighted by Gasteiger charge is -2.12. The molecule has 20 heavy (non-hydrogen) atoms. The van der Waals surface area contributed by atoms with E-state index in [1.165, 1.54) is 18.2 Å². The molecular weight excluding hydrogens is 288 g/mol. The first-order chi connectivity index (χ1) is 9.40. The molecule has 0 heterocycles. The SMILES string of the molecule is NC(=O)c1cc(Nc2c(F)cccc2Cl)c(F)cc1N. The van der Waals surface area contributed by atoms with Gasteiger partial charge in [0.25, 0.3) is 5.91 Å². The van der Waals surface area contributed by atoms with E-state index in [1.54, 1.807) is 0 Å². The average molecular weight is 298 g/mol. The van der Waals surface area contributed by atoms with Crippen molar-refractivity contribution in [1.82, 2.24) is 0 Å². The van der Waals surface area contributed by atoms with Gasteiger partial charge in [0.2, 0.25) is 0 Å². The molecule has 0 atom stereocenters. The maximum atomic E-state index is 13.8. The Balaban J connectivity index is 2.49. The van der Waals surface area contributed by atoms with Crippen molar-refractivity contribution in [3.05, 3.63) is 52.6 Å². The van der Waals surface area contributed by atoms with Gasteiger partial charge >= 0.3 is 0 Å². The molecular formula is C13H10ClF2N3O. The molecule has 4 nitrogen and oxygen atoms in total. The molecule has 0 saturated carbocycles. The number of halogens is 3. The van der Waals surface area contributed by atoms with Gasteiger partial charge in [0, 0.05) is 5.69 Å². The number of benzene rings is 2. The van der Waals surface area contributed by atoms with Crippen LogP contribution < -0.4 is 16.8 Å². The third kappa shape index (κ3) is 2.65. The highest BCUT2D eigenvalue weighted by atomic mass is 35.5. The molecule has 0 aliphatic carbocycles. The van der Waals surface area contributed by atoms with Gasteiger partial charge in [-0.1, -0.05) is 17.7 Å². The van der Waals surface area contributed by atoms with Gasteiger partial charge in [0.1, 0.15) is 11.6 Å². The normalized spacial score (nSPS) is 10.3. The van der Waals surface area contributed by atoms with E-state index in [0.717, 1.165) is 12.1 Å². The van der Waals surface area contributed by atoms with Crippen LogP contribution in [-0.2, 0) is 0 Å². The van der Waals surface area contributed by atoms with Gasteiger partial charge < -0.3 is 16.8 Å². The lowest BCUT2D eigenvalue weighted by atomic mass is 10.1. The van der Waals surface area contributed by atoms with E-state index in [-0.39, 0.29) is 27.6 Å². The van der Waals surface area contributed by atoms with E-state index in [9.17, 15) is 13.6 Å². The molecule has 0 aliphatic heterocycles. The fourth-order valence-electron chi connectivity index (χ4n) is 1.65. The van der Waals surface area contributed by atoms with Crippen molar-refractivity contribution >= 4 is 34.6 Å². The number of hydrogen-bond acceptors (Lipinski definition) is 3. The Morgan fingerprint density at radius 3 is 2.50 bits per heavy atom. The van der Waals surface area contributed by atoms with Crippen molar-refractivity contribution in [3.63, 3.8) is 0 Å². The largest absolute Gasteiger partial charge is 0.398 e. The maximum absolute atomic E-state index is 13.8. The number of nitrogen functional groups attached to an aromatic ring is 1. The van der Waals surface area contributed by atoms with E-state index in [4.69, 9.17) is 23.1 Å². The van der Waals surface area contributed by atoms with Crippen LogP contribution in [0.1, 0.15) is 10.4 Å². The number of primary amides is 1. The average Bonchev–Trinajstić information content (AvgIpc) is 2.35. The second-order valence-corrected chi connectivity index (χ2v) is 4.41. The molecule has 0 saturated heterocycles. The number of carbonyl (C=O) groups is 1. The fourth-order valence-corrected chi connectivity index (χ4v) is 1.86. The van der Waals surface area contributed by atoms with Crippen molar-refractivity contribution in [2.75, 3.05) is 11.1 Å². The van der Waals surface area contributed by atoms with Crippen molar-refractivity contribution in [1.29, 1.82) is 0 Å². The number of hydrogen-bond donors (Lipinski definition) is 3. The minimum Gasteiger partial charge on any atom is -0.398 e. The zero-order valence-electron chi connectivity index (χ0n) is 10.1. The Bertz CT molecular complexity index is 671. The lowest BCUT2D eigenvalue weighted by molar-refractivity contribution is 0.100. The molecule has 2 aromatic rings. The van der Waals surface area contributed by atoms with E-state index < -0.39 is 17.5 Å². The van der Waals surface area contributed by atoms with Crippen LogP contribution >= 0.6 is 11.6 Å². The van der Waals surface area contributed by atoms with Crippen LogP contribution in [0.25, 0.3) is 0 Å². The molecule has 0 radical (unpaired) electrons. The van der Waals surface area contributed by atoms with E-state index in [0.29, 0.717) is 0 Å². The summed E-state index contributed by atoms with van der Waals surface area (Å²) in [7, 11) is 0. The molecule has 2 aromatic carbocycles. The minimum absolute atomic E-state index is 0.0682. The highest BCUT2D eigenvalue weighted by Crippen LogP contribution is 2.31. The Morgan fingerprint density at radius 1 is 1.20 bits per heavy atom. The topological polar surface area (TPSA) is 81.1 Å². The van der Waals surface area contributed by atoms with Gasteiger partial charge in [-0.3, -0.25) is 4.79 Å². The van der Waals surface area contributed by atoms with Crippen LogP contribution in [0, 0.1) is 11.6 Å². The molecule has 7 heteroatoms. The summed E-state index contributed by atoms with van der Waals surface area (Å²) < 4.78 is 27.4. The second kappa shape index (κ2) is 5.34. The van der Waals surface area contributed by atoms with Gasteiger partial charge in [-0.05, 0) is 24.3 Å². The van der Waals surface area contributed by atoms with Crippen LogP contribution in [0.15, 0.2) is 30.3 Å². The standard InChI is InChI=1S/C13H10ClF2N3O/c14-7-2-1-3-8(15)12(7)19-11-4-6(13(18)20)10(17)5-9(11)16/h1-5,19H,17H2,(H2,18,20). The summed E-state index contributed by atoms with van der Waals surface area (Å²) in [6.45, 7) is 0. The summed E-state index contributed by atoms with van der Waals surface area (Å²) in [5, 5.41) is 2.56. The van der Waals surface area contributed by atoms with E-state index in [2.05, 4.69) is 5.32 Å². The molecule has 0 fully saturated rings. The fraction of sp³-hybridized carbons (Fsp3) is 0. The Labute approximate surface area is 118 Å². The maximum Gasteiger partial charge on any atom is 0.250 e. The predicted molar refractivity (Wildman–Crippen MR) is 74.0 cm³/mol. The summed E-state index contributed by atoms with van der Waals surface area (Å²) in [4.78, 5) is 11.2.